The van der Waals surface area contributed by atoms with Crippen molar-refractivity contribution in [3.05, 3.63) is 35.9 Å². The molecule has 3 nitrogen and oxygen atoms in total. The molecule has 2 fully saturated rings. The van der Waals surface area contributed by atoms with Gasteiger partial charge in [-0.15, -0.1) is 0 Å². The molecule has 3 heteroatoms. The van der Waals surface area contributed by atoms with E-state index in [2.05, 4.69) is 31.2 Å². The van der Waals surface area contributed by atoms with Crippen LogP contribution in [0.3, 0.4) is 0 Å². The normalized spacial score (nSPS) is 23.9. The summed E-state index contributed by atoms with van der Waals surface area (Å²) < 4.78 is 5.56. The lowest BCUT2D eigenvalue weighted by atomic mass is 9.79. The molecule has 0 N–H and O–H groups in total. The van der Waals surface area contributed by atoms with Crippen LogP contribution in [0.5, 0.6) is 0 Å². The molecular weight excluding hydrogens is 262 g/mol. The number of rotatable bonds is 5. The van der Waals surface area contributed by atoms with Gasteiger partial charge in [0.1, 0.15) is 6.73 Å². The zero-order valence-electron chi connectivity index (χ0n) is 12.8. The smallest absolute Gasteiger partial charge is 0.227 e. The first kappa shape index (κ1) is 14.6. The van der Waals surface area contributed by atoms with Gasteiger partial charge in [-0.2, -0.15) is 0 Å². The van der Waals surface area contributed by atoms with Gasteiger partial charge in [-0.25, -0.2) is 0 Å². The van der Waals surface area contributed by atoms with E-state index in [-0.39, 0.29) is 17.9 Å². The van der Waals surface area contributed by atoms with Gasteiger partial charge in [-0.1, -0.05) is 56.5 Å². The zero-order valence-corrected chi connectivity index (χ0v) is 12.8. The number of benzene rings is 1. The Labute approximate surface area is 127 Å². The number of nitrogens with zero attached hydrogens (tertiary/aromatic N) is 1. The minimum atomic E-state index is 0.135. The summed E-state index contributed by atoms with van der Waals surface area (Å²) in [4.78, 5) is 14.6. The van der Waals surface area contributed by atoms with Gasteiger partial charge in [0.05, 0.1) is 12.6 Å². The molecule has 0 radical (unpaired) electrons. The van der Waals surface area contributed by atoms with E-state index in [1.165, 1.54) is 24.8 Å². The van der Waals surface area contributed by atoms with Gasteiger partial charge < -0.3 is 9.64 Å². The van der Waals surface area contributed by atoms with Gasteiger partial charge in [0.15, 0.2) is 0 Å². The highest BCUT2D eigenvalue weighted by Crippen LogP contribution is 2.33. The Morgan fingerprint density at radius 3 is 2.76 bits per heavy atom. The van der Waals surface area contributed by atoms with Crippen LogP contribution < -0.4 is 0 Å². The van der Waals surface area contributed by atoms with Gasteiger partial charge >= 0.3 is 0 Å². The monoisotopic (exact) mass is 287 g/mol. The second-order valence-corrected chi connectivity index (χ2v) is 6.59. The molecule has 1 unspecified atom stereocenters. The summed E-state index contributed by atoms with van der Waals surface area (Å²) in [6.07, 6.45) is 5.90. The molecule has 1 heterocycles. The number of amides is 1. The van der Waals surface area contributed by atoms with Crippen LogP contribution in [0, 0.1) is 11.8 Å². The van der Waals surface area contributed by atoms with E-state index >= 15 is 0 Å². The molecule has 0 aromatic heterocycles. The fourth-order valence-corrected chi connectivity index (χ4v) is 3.39. The first-order valence-electron chi connectivity index (χ1n) is 8.16. The minimum absolute atomic E-state index is 0.135. The van der Waals surface area contributed by atoms with Crippen LogP contribution >= 0.6 is 0 Å². The van der Waals surface area contributed by atoms with Crippen LogP contribution in [0.4, 0.5) is 0 Å². The standard InChI is InChI=1S/C18H25NO2/c1-14(10-15-8-5-9-15)18(20)19-13-21-12-17(19)11-16-6-3-2-4-7-16/h2-4,6-7,14-15,17H,5,8-13H2,1H3/t14?,17-/m1/s1. The second-order valence-electron chi connectivity index (χ2n) is 6.59. The highest BCUT2D eigenvalue weighted by molar-refractivity contribution is 5.79. The van der Waals surface area contributed by atoms with E-state index in [1.807, 2.05) is 11.0 Å². The van der Waals surface area contributed by atoms with Gasteiger partial charge in [0.2, 0.25) is 5.91 Å². The summed E-state index contributed by atoms with van der Waals surface area (Å²) in [5.74, 6) is 1.19. The van der Waals surface area contributed by atoms with Crippen LogP contribution in [-0.4, -0.2) is 30.2 Å². The SMILES string of the molecule is CC(CC1CCC1)C(=O)N1COC[C@H]1Cc1ccccc1. The summed E-state index contributed by atoms with van der Waals surface area (Å²) in [5, 5.41) is 0. The van der Waals surface area contributed by atoms with Crippen molar-refractivity contribution in [2.24, 2.45) is 11.8 Å². The Kier molecular flexibility index (Phi) is 4.59. The first-order chi connectivity index (χ1) is 10.2. The number of hydrogen-bond acceptors (Lipinski definition) is 2. The van der Waals surface area contributed by atoms with E-state index in [0.29, 0.717) is 13.3 Å². The van der Waals surface area contributed by atoms with E-state index < -0.39 is 0 Å². The highest BCUT2D eigenvalue weighted by atomic mass is 16.5. The molecule has 1 saturated carbocycles. The molecule has 1 aliphatic heterocycles. The second kappa shape index (κ2) is 6.61. The third-order valence-corrected chi connectivity index (χ3v) is 4.91. The maximum absolute atomic E-state index is 12.7. The Balaban J connectivity index is 1.58. The van der Waals surface area contributed by atoms with Crippen molar-refractivity contribution in [1.29, 1.82) is 0 Å². The summed E-state index contributed by atoms with van der Waals surface area (Å²) in [6.45, 7) is 3.21. The van der Waals surface area contributed by atoms with Crippen molar-refractivity contribution in [2.45, 2.75) is 45.1 Å². The number of carbonyl (C=O) groups excluding carboxylic acids is 1. The summed E-state index contributed by atoms with van der Waals surface area (Å²) in [6, 6.07) is 10.6. The Morgan fingerprint density at radius 2 is 2.10 bits per heavy atom. The van der Waals surface area contributed by atoms with Crippen molar-refractivity contribution in [2.75, 3.05) is 13.3 Å². The predicted molar refractivity (Wildman–Crippen MR) is 82.7 cm³/mol. The van der Waals surface area contributed by atoms with Crippen LogP contribution in [0.15, 0.2) is 30.3 Å². The molecule has 2 atom stereocenters. The fourth-order valence-electron chi connectivity index (χ4n) is 3.39. The fraction of sp³-hybridized carbons (Fsp3) is 0.611. The average Bonchev–Trinajstić information content (AvgIpc) is 2.91. The van der Waals surface area contributed by atoms with Crippen molar-refractivity contribution in [3.63, 3.8) is 0 Å². The lowest BCUT2D eigenvalue weighted by Gasteiger charge is -2.31. The molecular formula is C18H25NO2. The van der Waals surface area contributed by atoms with E-state index in [9.17, 15) is 4.79 Å². The highest BCUT2D eigenvalue weighted by Gasteiger charge is 2.33. The quantitative estimate of drug-likeness (QED) is 0.832. The third-order valence-electron chi connectivity index (χ3n) is 4.91. The van der Waals surface area contributed by atoms with Crippen molar-refractivity contribution in [3.8, 4) is 0 Å². The summed E-state index contributed by atoms with van der Waals surface area (Å²) >= 11 is 0. The number of hydrogen-bond donors (Lipinski definition) is 0. The summed E-state index contributed by atoms with van der Waals surface area (Å²) in [5.41, 5.74) is 1.28. The average molecular weight is 287 g/mol. The van der Waals surface area contributed by atoms with E-state index in [0.717, 1.165) is 18.8 Å². The maximum Gasteiger partial charge on any atom is 0.227 e. The molecule has 114 valence electrons. The molecule has 1 aromatic rings. The lowest BCUT2D eigenvalue weighted by Crippen LogP contribution is -2.41. The van der Waals surface area contributed by atoms with Crippen molar-refractivity contribution < 1.29 is 9.53 Å². The van der Waals surface area contributed by atoms with Gasteiger partial charge in [-0.05, 0) is 24.3 Å². The molecule has 1 aromatic carbocycles. The molecule has 1 saturated heterocycles. The van der Waals surface area contributed by atoms with Crippen molar-refractivity contribution >= 4 is 5.91 Å². The van der Waals surface area contributed by atoms with E-state index in [4.69, 9.17) is 4.74 Å². The molecule has 21 heavy (non-hydrogen) atoms. The molecule has 2 aliphatic rings. The lowest BCUT2D eigenvalue weighted by molar-refractivity contribution is -0.137. The molecule has 1 amide bonds. The number of ether oxygens (including phenoxy) is 1. The summed E-state index contributed by atoms with van der Waals surface area (Å²) in [7, 11) is 0. The van der Waals surface area contributed by atoms with Gasteiger partial charge in [0.25, 0.3) is 0 Å². The molecule has 1 aliphatic carbocycles. The van der Waals surface area contributed by atoms with Crippen molar-refractivity contribution in [1.82, 2.24) is 4.90 Å². The van der Waals surface area contributed by atoms with Crippen LogP contribution in [0.1, 0.15) is 38.2 Å². The van der Waals surface area contributed by atoms with Crippen LogP contribution in [0.25, 0.3) is 0 Å². The molecule has 0 bridgehead atoms. The maximum atomic E-state index is 12.7. The van der Waals surface area contributed by atoms with Crippen LogP contribution in [-0.2, 0) is 16.0 Å². The van der Waals surface area contributed by atoms with E-state index in [1.54, 1.807) is 0 Å². The predicted octanol–water partition coefficient (Wildman–Crippen LogP) is 3.24. The Bertz CT molecular complexity index is 469. The zero-order chi connectivity index (χ0) is 14.7. The molecule has 0 spiro atoms. The first-order valence-corrected chi connectivity index (χ1v) is 8.16. The van der Waals surface area contributed by atoms with Gasteiger partial charge in [0, 0.05) is 5.92 Å². The Hall–Kier alpha value is -1.35. The topological polar surface area (TPSA) is 29.5 Å². The van der Waals surface area contributed by atoms with Crippen LogP contribution in [0.2, 0.25) is 0 Å². The third kappa shape index (κ3) is 3.46. The number of carbonyl (C=O) groups is 1. The molecule has 3 rings (SSSR count). The largest absolute Gasteiger partial charge is 0.359 e. The Morgan fingerprint density at radius 1 is 1.33 bits per heavy atom. The van der Waals surface area contributed by atoms with Gasteiger partial charge in [-0.3, -0.25) is 4.79 Å². The minimum Gasteiger partial charge on any atom is -0.359 e.